The Kier molecular flexibility index (Phi) is 7.82. The molecule has 1 aromatic heterocycles. The van der Waals surface area contributed by atoms with Crippen molar-refractivity contribution in [2.45, 2.75) is 12.8 Å². The Hall–Kier alpha value is -1.01. The van der Waals surface area contributed by atoms with Crippen molar-refractivity contribution < 1.29 is 17.9 Å². The Balaban J connectivity index is 0.00000220. The summed E-state index contributed by atoms with van der Waals surface area (Å²) in [6.07, 6.45) is 2.50. The zero-order chi connectivity index (χ0) is 14.4. The molecule has 1 aromatic rings. The molecule has 7 nitrogen and oxygen atoms in total. The number of aromatic nitrogens is 1. The summed E-state index contributed by atoms with van der Waals surface area (Å²) in [6, 6.07) is 3.18. The predicted molar refractivity (Wildman–Crippen MR) is 80.1 cm³/mol. The number of anilines is 1. The maximum absolute atomic E-state index is 10.6. The van der Waals surface area contributed by atoms with Crippen molar-refractivity contribution in [3.05, 3.63) is 12.1 Å². The second-order valence-electron chi connectivity index (χ2n) is 4.44. The van der Waals surface area contributed by atoms with E-state index in [0.29, 0.717) is 12.5 Å². The Morgan fingerprint density at radius 1 is 1.33 bits per heavy atom. The van der Waals surface area contributed by atoms with Gasteiger partial charge in [0.25, 0.3) is 0 Å². The number of hydrogen-bond acceptors (Lipinski definition) is 7. The SMILES string of the molecule is COc1nc(OCCN2CCCC2)ccc1N[S-](=O)=O.[Al+]. The summed E-state index contributed by atoms with van der Waals surface area (Å²) in [4.78, 5) is 6.45. The van der Waals surface area contributed by atoms with Crippen LogP contribution in [-0.4, -0.2) is 60.6 Å². The molecule has 0 amide bonds. The van der Waals surface area contributed by atoms with E-state index in [1.807, 2.05) is 0 Å². The van der Waals surface area contributed by atoms with Gasteiger partial charge in [0.15, 0.2) is 0 Å². The predicted octanol–water partition coefficient (Wildman–Crippen LogP) is 0.820. The Labute approximate surface area is 136 Å². The molecule has 0 saturated carbocycles. The van der Waals surface area contributed by atoms with E-state index >= 15 is 0 Å². The first-order valence-electron chi connectivity index (χ1n) is 6.45. The largest absolute Gasteiger partial charge is 1.00 e. The quantitative estimate of drug-likeness (QED) is 0.590. The normalized spacial score (nSPS) is 14.8. The molecular weight excluding hydrogens is 309 g/mol. The number of likely N-dealkylation sites (tertiary alicyclic amines) is 1. The minimum atomic E-state index is -2.41. The summed E-state index contributed by atoms with van der Waals surface area (Å²) >= 11 is 0. The van der Waals surface area contributed by atoms with Gasteiger partial charge in [-0.2, -0.15) is 4.98 Å². The third-order valence-electron chi connectivity index (χ3n) is 3.08. The van der Waals surface area contributed by atoms with Gasteiger partial charge in [-0.1, -0.05) is 0 Å². The zero-order valence-electron chi connectivity index (χ0n) is 11.9. The fourth-order valence-electron chi connectivity index (χ4n) is 2.11. The summed E-state index contributed by atoms with van der Waals surface area (Å²) in [5.74, 6) is 0.608. The van der Waals surface area contributed by atoms with Crippen molar-refractivity contribution in [3.63, 3.8) is 0 Å². The van der Waals surface area contributed by atoms with Gasteiger partial charge in [0, 0.05) is 23.5 Å². The van der Waals surface area contributed by atoms with Crippen LogP contribution >= 0.6 is 0 Å². The van der Waals surface area contributed by atoms with Gasteiger partial charge in [0.2, 0.25) is 11.8 Å². The van der Waals surface area contributed by atoms with Gasteiger partial charge in [-0.3, -0.25) is 4.90 Å². The number of rotatable bonds is 7. The minimum absolute atomic E-state index is 0. The molecule has 114 valence electrons. The Morgan fingerprint density at radius 3 is 2.67 bits per heavy atom. The number of hydrogen-bond donors (Lipinski definition) is 1. The number of ether oxygens (including phenoxy) is 2. The molecule has 0 aromatic carbocycles. The summed E-state index contributed by atoms with van der Waals surface area (Å²) < 4.78 is 34.0. The molecule has 1 fully saturated rings. The Bertz CT molecular complexity index is 513. The summed E-state index contributed by atoms with van der Waals surface area (Å²) in [7, 11) is -0.984. The van der Waals surface area contributed by atoms with E-state index in [4.69, 9.17) is 9.47 Å². The molecule has 1 aliphatic rings. The molecule has 1 N–H and O–H groups in total. The maximum atomic E-state index is 10.6. The first kappa shape index (κ1) is 18.0. The van der Waals surface area contributed by atoms with Crippen LogP contribution in [0.2, 0.25) is 0 Å². The van der Waals surface area contributed by atoms with Gasteiger partial charge in [0.1, 0.15) is 6.61 Å². The molecule has 0 aliphatic carbocycles. The first-order valence-corrected chi connectivity index (χ1v) is 7.52. The van der Waals surface area contributed by atoms with Crippen molar-refractivity contribution in [2.24, 2.45) is 0 Å². The van der Waals surface area contributed by atoms with Gasteiger partial charge in [-0.05, 0) is 32.0 Å². The average Bonchev–Trinajstić information content (AvgIpc) is 2.93. The molecule has 0 atom stereocenters. The van der Waals surface area contributed by atoms with Crippen molar-refractivity contribution in [3.8, 4) is 11.8 Å². The van der Waals surface area contributed by atoms with Crippen molar-refractivity contribution >= 4 is 33.9 Å². The molecule has 21 heavy (non-hydrogen) atoms. The number of pyridine rings is 1. The molecule has 0 unspecified atom stereocenters. The summed E-state index contributed by atoms with van der Waals surface area (Å²) in [6.45, 7) is 3.67. The summed E-state index contributed by atoms with van der Waals surface area (Å²) in [5.41, 5.74) is 0.285. The van der Waals surface area contributed by atoms with Crippen LogP contribution in [0.5, 0.6) is 11.8 Å². The molecule has 1 aliphatic heterocycles. The average molecular weight is 327 g/mol. The molecule has 2 radical (unpaired) electrons. The third kappa shape index (κ3) is 5.71. The third-order valence-corrected chi connectivity index (χ3v) is 3.46. The molecule has 0 bridgehead atoms. The van der Waals surface area contributed by atoms with Crippen LogP contribution in [0, 0.1) is 0 Å². The molecular formula is C12H18AlN3O4S. The second kappa shape index (κ2) is 9.10. The maximum Gasteiger partial charge on any atom is 1.00 e. The second-order valence-corrected chi connectivity index (χ2v) is 5.11. The van der Waals surface area contributed by atoms with E-state index in [-0.39, 0.29) is 28.9 Å². The monoisotopic (exact) mass is 327 g/mol. The molecule has 2 rings (SSSR count). The van der Waals surface area contributed by atoms with E-state index in [1.54, 1.807) is 12.1 Å². The first-order chi connectivity index (χ1) is 9.69. The van der Waals surface area contributed by atoms with Crippen LogP contribution < -0.4 is 14.2 Å². The fraction of sp³-hybridized carbons (Fsp3) is 0.583. The van der Waals surface area contributed by atoms with Crippen LogP contribution in [0.25, 0.3) is 0 Å². The van der Waals surface area contributed by atoms with Gasteiger partial charge in [-0.15, -0.1) is 0 Å². The topological polar surface area (TPSA) is 80.8 Å². The minimum Gasteiger partial charge on any atom is -0.479 e. The van der Waals surface area contributed by atoms with Crippen molar-refractivity contribution in [2.75, 3.05) is 38.1 Å². The van der Waals surface area contributed by atoms with Gasteiger partial charge in [0.05, 0.1) is 12.8 Å². The smallest absolute Gasteiger partial charge is 0.479 e. The van der Waals surface area contributed by atoms with Crippen LogP contribution in [0.15, 0.2) is 12.1 Å². The van der Waals surface area contributed by atoms with E-state index < -0.39 is 10.9 Å². The molecule has 9 heteroatoms. The molecule has 0 spiro atoms. The molecule has 1 saturated heterocycles. The van der Waals surface area contributed by atoms with Crippen molar-refractivity contribution in [1.82, 2.24) is 9.88 Å². The van der Waals surface area contributed by atoms with Gasteiger partial charge >= 0.3 is 17.4 Å². The van der Waals surface area contributed by atoms with E-state index in [2.05, 4.69) is 14.6 Å². The zero-order valence-corrected chi connectivity index (χ0v) is 13.9. The van der Waals surface area contributed by atoms with E-state index in [0.717, 1.165) is 19.6 Å². The summed E-state index contributed by atoms with van der Waals surface area (Å²) in [5, 5.41) is 0. The number of nitrogens with one attached hydrogen (secondary N) is 1. The van der Waals surface area contributed by atoms with Crippen LogP contribution in [-0.2, 0) is 19.3 Å². The van der Waals surface area contributed by atoms with E-state index in [9.17, 15) is 8.42 Å². The van der Waals surface area contributed by atoms with Gasteiger partial charge < -0.3 is 22.6 Å². The van der Waals surface area contributed by atoms with Crippen LogP contribution in [0.1, 0.15) is 12.8 Å². The van der Waals surface area contributed by atoms with Crippen molar-refractivity contribution in [1.29, 1.82) is 0 Å². The van der Waals surface area contributed by atoms with Crippen LogP contribution in [0.3, 0.4) is 0 Å². The number of methoxy groups -OCH3 is 1. The Morgan fingerprint density at radius 2 is 2.05 bits per heavy atom. The fourth-order valence-corrected chi connectivity index (χ4v) is 2.45. The number of nitrogens with zero attached hydrogens (tertiary/aromatic N) is 2. The van der Waals surface area contributed by atoms with Crippen LogP contribution in [0.4, 0.5) is 5.69 Å². The standard InChI is InChI=1S/C12H18N3O4S.Al/c1-18-12-10(14-20(16)17)4-5-11(13-12)19-9-8-15-6-2-3-7-15;/h4-5H,2-3,6-9H2,1H3,(H,14,16,17);/q-1;+1. The van der Waals surface area contributed by atoms with Gasteiger partial charge in [-0.25, -0.2) is 0 Å². The molecule has 2 heterocycles. The van der Waals surface area contributed by atoms with E-state index in [1.165, 1.54) is 20.0 Å².